The topological polar surface area (TPSA) is 49.5 Å². The van der Waals surface area contributed by atoms with E-state index in [4.69, 9.17) is 9.52 Å². The molecule has 0 saturated carbocycles. The molecule has 1 aliphatic rings. The molecule has 1 saturated heterocycles. The molecule has 1 N–H and O–H groups in total. The van der Waals surface area contributed by atoms with E-state index < -0.39 is 0 Å². The summed E-state index contributed by atoms with van der Waals surface area (Å²) in [5.41, 5.74) is 0.0204. The number of aliphatic hydroxyl groups is 1. The van der Waals surface area contributed by atoms with Gasteiger partial charge in [-0.25, -0.2) is 4.98 Å². The van der Waals surface area contributed by atoms with Gasteiger partial charge in [-0.1, -0.05) is 20.8 Å². The average molecular weight is 266 g/mol. The third-order valence-electron chi connectivity index (χ3n) is 3.83. The van der Waals surface area contributed by atoms with Gasteiger partial charge in [-0.3, -0.25) is 4.90 Å². The van der Waals surface area contributed by atoms with Gasteiger partial charge in [0.2, 0.25) is 5.89 Å². The molecule has 0 spiro atoms. The third kappa shape index (κ3) is 3.80. The standard InChI is InChI=1S/C15H26N2O2/c1-15(2,3)13-10-16-14(19-13)11-17-8-4-6-12(17)7-5-9-18/h10,12,18H,4-9,11H2,1-3H3. The minimum atomic E-state index is 0.0204. The van der Waals surface area contributed by atoms with Crippen molar-refractivity contribution in [3.63, 3.8) is 0 Å². The monoisotopic (exact) mass is 266 g/mol. The fraction of sp³-hybridized carbons (Fsp3) is 0.800. The van der Waals surface area contributed by atoms with Gasteiger partial charge in [0.05, 0.1) is 12.7 Å². The molecule has 4 nitrogen and oxygen atoms in total. The minimum Gasteiger partial charge on any atom is -0.444 e. The molecule has 2 heterocycles. The van der Waals surface area contributed by atoms with Crippen molar-refractivity contribution in [3.05, 3.63) is 17.8 Å². The van der Waals surface area contributed by atoms with Crippen molar-refractivity contribution in [1.82, 2.24) is 9.88 Å². The predicted octanol–water partition coefficient (Wildman–Crippen LogP) is 2.71. The summed E-state index contributed by atoms with van der Waals surface area (Å²) in [6.07, 6.45) is 6.28. The Balaban J connectivity index is 1.94. The van der Waals surface area contributed by atoms with Crippen LogP contribution in [0.2, 0.25) is 0 Å². The number of nitrogens with zero attached hydrogens (tertiary/aromatic N) is 2. The molecule has 1 aromatic heterocycles. The van der Waals surface area contributed by atoms with Crippen LogP contribution < -0.4 is 0 Å². The van der Waals surface area contributed by atoms with Crippen molar-refractivity contribution in [2.24, 2.45) is 0 Å². The maximum atomic E-state index is 8.95. The van der Waals surface area contributed by atoms with E-state index in [2.05, 4.69) is 30.7 Å². The second-order valence-electron chi connectivity index (χ2n) is 6.50. The van der Waals surface area contributed by atoms with Crippen LogP contribution in [0.5, 0.6) is 0 Å². The maximum absolute atomic E-state index is 8.95. The smallest absolute Gasteiger partial charge is 0.208 e. The second kappa shape index (κ2) is 6.06. The van der Waals surface area contributed by atoms with E-state index in [0.717, 1.165) is 37.6 Å². The van der Waals surface area contributed by atoms with Crippen LogP contribution in [0.4, 0.5) is 0 Å². The van der Waals surface area contributed by atoms with Crippen LogP contribution in [0.15, 0.2) is 10.6 Å². The summed E-state index contributed by atoms with van der Waals surface area (Å²) in [5, 5.41) is 8.95. The lowest BCUT2D eigenvalue weighted by Crippen LogP contribution is -2.29. The van der Waals surface area contributed by atoms with Crippen LogP contribution in [0.3, 0.4) is 0 Å². The normalized spacial score (nSPS) is 21.2. The summed E-state index contributed by atoms with van der Waals surface area (Å²) in [6.45, 7) is 8.61. The van der Waals surface area contributed by atoms with Gasteiger partial charge in [0.25, 0.3) is 0 Å². The van der Waals surface area contributed by atoms with Gasteiger partial charge in [0, 0.05) is 18.1 Å². The van der Waals surface area contributed by atoms with Gasteiger partial charge in [0.15, 0.2) is 0 Å². The highest BCUT2D eigenvalue weighted by Gasteiger charge is 2.26. The highest BCUT2D eigenvalue weighted by Crippen LogP contribution is 2.26. The molecule has 0 amide bonds. The molecule has 0 radical (unpaired) electrons. The fourth-order valence-corrected chi connectivity index (χ4v) is 2.66. The van der Waals surface area contributed by atoms with Crippen LogP contribution >= 0.6 is 0 Å². The molecule has 1 aliphatic heterocycles. The molecule has 1 aromatic rings. The summed E-state index contributed by atoms with van der Waals surface area (Å²) >= 11 is 0. The van der Waals surface area contributed by atoms with Crippen molar-refractivity contribution in [1.29, 1.82) is 0 Å². The highest BCUT2D eigenvalue weighted by molar-refractivity contribution is 5.06. The highest BCUT2D eigenvalue weighted by atomic mass is 16.4. The lowest BCUT2D eigenvalue weighted by molar-refractivity contribution is 0.192. The van der Waals surface area contributed by atoms with E-state index in [1.165, 1.54) is 12.8 Å². The van der Waals surface area contributed by atoms with Gasteiger partial charge < -0.3 is 9.52 Å². The predicted molar refractivity (Wildman–Crippen MR) is 75.0 cm³/mol. The Kier molecular flexibility index (Phi) is 4.63. The number of oxazole rings is 1. The summed E-state index contributed by atoms with van der Waals surface area (Å²) < 4.78 is 5.86. The van der Waals surface area contributed by atoms with Gasteiger partial charge in [0.1, 0.15) is 5.76 Å². The van der Waals surface area contributed by atoms with E-state index in [0.29, 0.717) is 6.04 Å². The zero-order valence-corrected chi connectivity index (χ0v) is 12.4. The van der Waals surface area contributed by atoms with Gasteiger partial charge in [-0.2, -0.15) is 0 Å². The molecule has 1 fully saturated rings. The Bertz CT molecular complexity index is 395. The SMILES string of the molecule is CC(C)(C)c1cnc(CN2CCCC2CCCO)o1. The first-order valence-electron chi connectivity index (χ1n) is 7.31. The lowest BCUT2D eigenvalue weighted by atomic mass is 9.94. The lowest BCUT2D eigenvalue weighted by Gasteiger charge is -2.22. The van der Waals surface area contributed by atoms with E-state index >= 15 is 0 Å². The molecule has 19 heavy (non-hydrogen) atoms. The largest absolute Gasteiger partial charge is 0.444 e. The fourth-order valence-electron chi connectivity index (χ4n) is 2.66. The molecule has 0 aromatic carbocycles. The first-order chi connectivity index (χ1) is 9.00. The van der Waals surface area contributed by atoms with Crippen molar-refractivity contribution in [2.45, 2.75) is 64.5 Å². The Morgan fingerprint density at radius 1 is 1.47 bits per heavy atom. The average Bonchev–Trinajstić information content (AvgIpc) is 2.95. The van der Waals surface area contributed by atoms with Gasteiger partial charge in [-0.15, -0.1) is 0 Å². The summed E-state index contributed by atoms with van der Waals surface area (Å²) in [4.78, 5) is 6.84. The Labute approximate surface area is 115 Å². The van der Waals surface area contributed by atoms with Crippen LogP contribution in [-0.4, -0.2) is 34.2 Å². The first-order valence-corrected chi connectivity index (χ1v) is 7.31. The molecular weight excluding hydrogens is 240 g/mol. The summed E-state index contributed by atoms with van der Waals surface area (Å²) in [5.74, 6) is 1.77. The quantitative estimate of drug-likeness (QED) is 0.890. The van der Waals surface area contributed by atoms with Crippen molar-refractivity contribution in [3.8, 4) is 0 Å². The Morgan fingerprint density at radius 3 is 2.89 bits per heavy atom. The molecule has 1 unspecified atom stereocenters. The van der Waals surface area contributed by atoms with Crippen LogP contribution in [0, 0.1) is 0 Å². The second-order valence-corrected chi connectivity index (χ2v) is 6.50. The maximum Gasteiger partial charge on any atom is 0.208 e. The Hall–Kier alpha value is -0.870. The van der Waals surface area contributed by atoms with Gasteiger partial charge >= 0.3 is 0 Å². The number of aromatic nitrogens is 1. The van der Waals surface area contributed by atoms with E-state index in [-0.39, 0.29) is 12.0 Å². The summed E-state index contributed by atoms with van der Waals surface area (Å²) in [7, 11) is 0. The van der Waals surface area contributed by atoms with Crippen molar-refractivity contribution in [2.75, 3.05) is 13.2 Å². The number of hydrogen-bond acceptors (Lipinski definition) is 4. The van der Waals surface area contributed by atoms with Crippen LogP contribution in [0.1, 0.15) is 58.1 Å². The number of hydrogen-bond donors (Lipinski definition) is 1. The minimum absolute atomic E-state index is 0.0204. The number of rotatable bonds is 5. The number of likely N-dealkylation sites (tertiary alicyclic amines) is 1. The molecule has 0 aliphatic carbocycles. The van der Waals surface area contributed by atoms with Crippen molar-refractivity contribution >= 4 is 0 Å². The molecule has 1 atom stereocenters. The molecule has 0 bridgehead atoms. The van der Waals surface area contributed by atoms with Crippen LogP contribution in [0.25, 0.3) is 0 Å². The zero-order valence-electron chi connectivity index (χ0n) is 12.4. The molecule has 108 valence electrons. The summed E-state index contributed by atoms with van der Waals surface area (Å²) in [6, 6.07) is 0.581. The van der Waals surface area contributed by atoms with Gasteiger partial charge in [-0.05, 0) is 32.2 Å². The molecule has 2 rings (SSSR count). The molecular formula is C15H26N2O2. The van der Waals surface area contributed by atoms with Crippen molar-refractivity contribution < 1.29 is 9.52 Å². The zero-order chi connectivity index (χ0) is 13.9. The molecule has 4 heteroatoms. The Morgan fingerprint density at radius 2 is 2.26 bits per heavy atom. The number of aliphatic hydroxyl groups excluding tert-OH is 1. The third-order valence-corrected chi connectivity index (χ3v) is 3.83. The van der Waals surface area contributed by atoms with E-state index in [9.17, 15) is 0 Å². The van der Waals surface area contributed by atoms with E-state index in [1.807, 2.05) is 6.20 Å². The van der Waals surface area contributed by atoms with Crippen LogP contribution in [-0.2, 0) is 12.0 Å². The first kappa shape index (κ1) is 14.5. The van der Waals surface area contributed by atoms with E-state index in [1.54, 1.807) is 0 Å².